The molecule has 18 heavy (non-hydrogen) atoms. The number of aryl methyl sites for hydroxylation is 1. The molecule has 1 aliphatic rings. The van der Waals surface area contributed by atoms with Crippen molar-refractivity contribution in [1.82, 2.24) is 9.88 Å². The monoisotopic (exact) mass is 248 g/mol. The van der Waals surface area contributed by atoms with Crippen LogP contribution < -0.4 is 0 Å². The van der Waals surface area contributed by atoms with Crippen LogP contribution in [0, 0.1) is 6.92 Å². The molecule has 0 N–H and O–H groups in total. The van der Waals surface area contributed by atoms with Crippen molar-refractivity contribution in [1.29, 1.82) is 0 Å². The van der Waals surface area contributed by atoms with Gasteiger partial charge in [0, 0.05) is 18.9 Å². The maximum Gasteiger partial charge on any atom is 0.410 e. The molecule has 1 aromatic rings. The molecule has 1 aromatic heterocycles. The number of amides is 1. The van der Waals surface area contributed by atoms with Gasteiger partial charge in [0.25, 0.3) is 0 Å². The van der Waals surface area contributed by atoms with Gasteiger partial charge in [-0.15, -0.1) is 0 Å². The molecule has 1 unspecified atom stereocenters. The van der Waals surface area contributed by atoms with Crippen LogP contribution in [-0.2, 0) is 4.74 Å². The summed E-state index contributed by atoms with van der Waals surface area (Å²) in [4.78, 5) is 17.9. The van der Waals surface area contributed by atoms with E-state index >= 15 is 0 Å². The molecule has 1 atom stereocenters. The molecule has 1 amide bonds. The number of ether oxygens (including phenoxy) is 1. The van der Waals surface area contributed by atoms with Gasteiger partial charge in [-0.05, 0) is 45.2 Å². The van der Waals surface area contributed by atoms with Crippen LogP contribution in [0.1, 0.15) is 44.4 Å². The Morgan fingerprint density at radius 2 is 2.17 bits per heavy atom. The predicted molar refractivity (Wildman–Crippen MR) is 69.3 cm³/mol. The molecule has 4 nitrogen and oxygen atoms in total. The highest BCUT2D eigenvalue weighted by Crippen LogP contribution is 2.34. The molecule has 4 heteroatoms. The summed E-state index contributed by atoms with van der Waals surface area (Å²) < 4.78 is 5.39. The van der Waals surface area contributed by atoms with E-state index < -0.39 is 5.60 Å². The van der Waals surface area contributed by atoms with Crippen LogP contribution in [-0.4, -0.2) is 28.1 Å². The van der Waals surface area contributed by atoms with Gasteiger partial charge in [-0.25, -0.2) is 4.79 Å². The van der Waals surface area contributed by atoms with E-state index in [1.54, 1.807) is 4.90 Å². The van der Waals surface area contributed by atoms with Crippen molar-refractivity contribution in [3.05, 3.63) is 29.6 Å². The summed E-state index contributed by atoms with van der Waals surface area (Å²) in [5, 5.41) is 0. The van der Waals surface area contributed by atoms with Crippen molar-refractivity contribution >= 4 is 6.09 Å². The number of pyridine rings is 1. The van der Waals surface area contributed by atoms with Gasteiger partial charge in [-0.3, -0.25) is 4.98 Å². The third kappa shape index (κ3) is 2.81. The molecule has 0 radical (unpaired) electrons. The van der Waals surface area contributed by atoms with Crippen molar-refractivity contribution < 1.29 is 9.53 Å². The average Bonchev–Trinajstić information content (AvgIpc) is 2.12. The van der Waals surface area contributed by atoms with Gasteiger partial charge in [0.1, 0.15) is 5.60 Å². The Morgan fingerprint density at radius 3 is 2.67 bits per heavy atom. The molecule has 2 heterocycles. The lowest BCUT2D eigenvalue weighted by Crippen LogP contribution is -2.47. The fraction of sp³-hybridized carbons (Fsp3) is 0.571. The number of rotatable bonds is 1. The zero-order valence-electron chi connectivity index (χ0n) is 11.4. The van der Waals surface area contributed by atoms with Crippen LogP contribution >= 0.6 is 0 Å². The van der Waals surface area contributed by atoms with Crippen molar-refractivity contribution in [2.24, 2.45) is 0 Å². The number of hydrogen-bond acceptors (Lipinski definition) is 3. The fourth-order valence-electron chi connectivity index (χ4n) is 2.03. The maximum absolute atomic E-state index is 12.0. The zero-order valence-corrected chi connectivity index (χ0v) is 11.4. The average molecular weight is 248 g/mol. The first kappa shape index (κ1) is 12.9. The summed E-state index contributed by atoms with van der Waals surface area (Å²) in [6.07, 6.45) is 4.39. The maximum atomic E-state index is 12.0. The molecule has 98 valence electrons. The first-order valence-electron chi connectivity index (χ1n) is 6.28. The van der Waals surface area contributed by atoms with Crippen molar-refractivity contribution in [3.63, 3.8) is 0 Å². The number of carbonyl (C=O) groups is 1. The fourth-order valence-corrected chi connectivity index (χ4v) is 2.03. The highest BCUT2D eigenvalue weighted by molar-refractivity contribution is 5.70. The minimum Gasteiger partial charge on any atom is -0.444 e. The van der Waals surface area contributed by atoms with E-state index in [0.29, 0.717) is 0 Å². The standard InChI is InChI=1S/C14H20N2O2/c1-10-7-11(9-15-8-10)12-5-6-16(12)13(17)18-14(2,3)4/h7-9,12H,5-6H2,1-4H3. The second-order valence-electron chi connectivity index (χ2n) is 5.77. The summed E-state index contributed by atoms with van der Waals surface area (Å²) in [6, 6.07) is 2.20. The van der Waals surface area contributed by atoms with E-state index in [1.165, 1.54) is 0 Å². The van der Waals surface area contributed by atoms with Crippen molar-refractivity contribution in [2.45, 2.75) is 45.8 Å². The molecule has 0 aliphatic carbocycles. The molecule has 0 spiro atoms. The molecule has 0 saturated carbocycles. The Morgan fingerprint density at radius 1 is 1.44 bits per heavy atom. The SMILES string of the molecule is Cc1cncc(C2CCN2C(=O)OC(C)(C)C)c1. The summed E-state index contributed by atoms with van der Waals surface area (Å²) in [5.74, 6) is 0. The van der Waals surface area contributed by atoms with Gasteiger partial charge in [0.2, 0.25) is 0 Å². The molecular weight excluding hydrogens is 228 g/mol. The van der Waals surface area contributed by atoms with Gasteiger partial charge >= 0.3 is 6.09 Å². The summed E-state index contributed by atoms with van der Waals surface area (Å²) in [6.45, 7) is 8.41. The van der Waals surface area contributed by atoms with Gasteiger partial charge in [0.15, 0.2) is 0 Å². The number of carbonyl (C=O) groups excluding carboxylic acids is 1. The van der Waals surface area contributed by atoms with Crippen LogP contribution in [0.2, 0.25) is 0 Å². The third-order valence-corrected chi connectivity index (χ3v) is 2.93. The van der Waals surface area contributed by atoms with Crippen LogP contribution in [0.15, 0.2) is 18.5 Å². The van der Waals surface area contributed by atoms with Crippen LogP contribution in [0.3, 0.4) is 0 Å². The quantitative estimate of drug-likeness (QED) is 0.767. The van der Waals surface area contributed by atoms with Gasteiger partial charge in [0.05, 0.1) is 6.04 Å². The van der Waals surface area contributed by atoms with E-state index in [4.69, 9.17) is 4.74 Å². The second-order valence-corrected chi connectivity index (χ2v) is 5.77. The van der Waals surface area contributed by atoms with Gasteiger partial charge in [-0.2, -0.15) is 0 Å². The number of likely N-dealkylation sites (tertiary alicyclic amines) is 1. The third-order valence-electron chi connectivity index (χ3n) is 2.93. The van der Waals surface area contributed by atoms with E-state index in [-0.39, 0.29) is 12.1 Å². The highest BCUT2D eigenvalue weighted by Gasteiger charge is 2.36. The van der Waals surface area contributed by atoms with Gasteiger partial charge in [-0.1, -0.05) is 6.07 Å². The zero-order chi connectivity index (χ0) is 13.3. The van der Waals surface area contributed by atoms with E-state index in [9.17, 15) is 4.79 Å². The molecule has 1 aliphatic heterocycles. The normalized spacial score (nSPS) is 19.3. The number of nitrogens with zero attached hydrogens (tertiary/aromatic N) is 2. The molecule has 0 bridgehead atoms. The lowest BCUT2D eigenvalue weighted by Gasteiger charge is -2.41. The Labute approximate surface area is 108 Å². The Kier molecular flexibility index (Phi) is 3.28. The van der Waals surface area contributed by atoms with Crippen LogP contribution in [0.5, 0.6) is 0 Å². The largest absolute Gasteiger partial charge is 0.444 e. The first-order chi connectivity index (χ1) is 8.37. The van der Waals surface area contributed by atoms with E-state index in [0.717, 1.165) is 24.1 Å². The lowest BCUT2D eigenvalue weighted by atomic mass is 9.96. The minimum atomic E-state index is -0.442. The number of aromatic nitrogens is 1. The number of hydrogen-bond donors (Lipinski definition) is 0. The van der Waals surface area contributed by atoms with Crippen LogP contribution in [0.4, 0.5) is 4.79 Å². The molecule has 1 fully saturated rings. The Bertz CT molecular complexity index is 451. The molecular formula is C14H20N2O2. The Balaban J connectivity index is 2.06. The van der Waals surface area contributed by atoms with Gasteiger partial charge < -0.3 is 9.64 Å². The van der Waals surface area contributed by atoms with Crippen LogP contribution in [0.25, 0.3) is 0 Å². The smallest absolute Gasteiger partial charge is 0.410 e. The molecule has 0 aromatic carbocycles. The van der Waals surface area contributed by atoms with Crippen molar-refractivity contribution in [2.75, 3.05) is 6.54 Å². The lowest BCUT2D eigenvalue weighted by molar-refractivity contribution is -0.00580. The van der Waals surface area contributed by atoms with Crippen molar-refractivity contribution in [3.8, 4) is 0 Å². The topological polar surface area (TPSA) is 42.4 Å². The molecule has 2 rings (SSSR count). The second kappa shape index (κ2) is 4.59. The summed E-state index contributed by atoms with van der Waals surface area (Å²) in [5.41, 5.74) is 1.76. The predicted octanol–water partition coefficient (Wildman–Crippen LogP) is 3.07. The Hall–Kier alpha value is -1.58. The summed E-state index contributed by atoms with van der Waals surface area (Å²) in [7, 11) is 0. The van der Waals surface area contributed by atoms with E-state index in [2.05, 4.69) is 11.1 Å². The van der Waals surface area contributed by atoms with E-state index in [1.807, 2.05) is 40.1 Å². The summed E-state index contributed by atoms with van der Waals surface area (Å²) >= 11 is 0. The first-order valence-corrected chi connectivity index (χ1v) is 6.28. The minimum absolute atomic E-state index is 0.118. The molecule has 1 saturated heterocycles. The highest BCUT2D eigenvalue weighted by atomic mass is 16.6.